The van der Waals surface area contributed by atoms with Crippen LogP contribution >= 0.6 is 11.5 Å². The van der Waals surface area contributed by atoms with Crippen LogP contribution in [0.25, 0.3) is 0 Å². The Hall–Kier alpha value is -2.28. The van der Waals surface area contributed by atoms with Gasteiger partial charge in [0.15, 0.2) is 0 Å². The first-order chi connectivity index (χ1) is 15.1. The largest absolute Gasteiger partial charge is 0.516 e. The summed E-state index contributed by atoms with van der Waals surface area (Å²) < 4.78 is 68.5. The molecule has 1 atom stereocenters. The molecule has 4 rings (SSSR count). The lowest BCUT2D eigenvalue weighted by atomic mass is 9.67. The monoisotopic (exact) mass is 488 g/mol. The summed E-state index contributed by atoms with van der Waals surface area (Å²) in [7, 11) is -5.63. The van der Waals surface area contributed by atoms with E-state index >= 15 is 0 Å². The highest BCUT2D eigenvalue weighted by atomic mass is 32.2. The van der Waals surface area contributed by atoms with Crippen molar-refractivity contribution in [3.05, 3.63) is 24.0 Å². The zero-order chi connectivity index (χ0) is 23.1. The van der Waals surface area contributed by atoms with Crippen LogP contribution < -0.4 is 9.62 Å². The van der Waals surface area contributed by atoms with E-state index in [4.69, 9.17) is 0 Å². The fourth-order valence-corrected chi connectivity index (χ4v) is 5.86. The fourth-order valence-electron chi connectivity index (χ4n) is 4.93. The molecule has 2 aliphatic rings. The summed E-state index contributed by atoms with van der Waals surface area (Å²) in [5.41, 5.74) is -4.15. The Morgan fingerprint density at radius 3 is 2.56 bits per heavy atom. The molecule has 2 heterocycles. The van der Waals surface area contributed by atoms with Crippen LogP contribution in [-0.4, -0.2) is 35.9 Å². The highest BCUT2D eigenvalue weighted by Crippen LogP contribution is 2.55. The lowest BCUT2D eigenvalue weighted by Gasteiger charge is -2.40. The predicted octanol–water partition coefficient (Wildman–Crippen LogP) is 5.65. The number of nitrogens with one attached hydrogen (secondary N) is 1. The van der Waals surface area contributed by atoms with Crippen molar-refractivity contribution in [3.8, 4) is 0 Å². The Bertz CT molecular complexity index is 1110. The molecule has 1 aromatic heterocycles. The van der Waals surface area contributed by atoms with Crippen molar-refractivity contribution >= 4 is 43.7 Å². The van der Waals surface area contributed by atoms with Gasteiger partial charge >= 0.3 is 15.5 Å². The number of likely N-dealkylation sites (N-methyl/N-ethyl adjacent to an activating group) is 1. The second kappa shape index (κ2) is 8.25. The number of halogens is 3. The van der Waals surface area contributed by atoms with Crippen molar-refractivity contribution in [1.29, 1.82) is 0 Å². The maximum absolute atomic E-state index is 13.1. The third-order valence-corrected chi connectivity index (χ3v) is 8.10. The van der Waals surface area contributed by atoms with Crippen LogP contribution in [0.15, 0.2) is 28.7 Å². The minimum Gasteiger partial charge on any atom is -0.368 e. The number of rotatable bonds is 5. The molecule has 32 heavy (non-hydrogen) atoms. The molecule has 0 radical (unpaired) electrons. The number of azo groups is 1. The molecule has 1 aromatic carbocycles. The van der Waals surface area contributed by atoms with E-state index in [2.05, 4.69) is 31.4 Å². The summed E-state index contributed by atoms with van der Waals surface area (Å²) in [5.74, 6) is 0. The van der Waals surface area contributed by atoms with Crippen LogP contribution in [0.1, 0.15) is 51.5 Å². The Balaban J connectivity index is 1.87. The third kappa shape index (κ3) is 3.85. The first-order valence-corrected chi connectivity index (χ1v) is 12.6. The highest BCUT2D eigenvalue weighted by Gasteiger charge is 2.50. The van der Waals surface area contributed by atoms with E-state index in [9.17, 15) is 21.6 Å². The second-order valence-electron chi connectivity index (χ2n) is 8.04. The summed E-state index contributed by atoms with van der Waals surface area (Å²) in [6.45, 7) is 4.74. The van der Waals surface area contributed by atoms with E-state index in [0.29, 0.717) is 6.54 Å². The van der Waals surface area contributed by atoms with Crippen molar-refractivity contribution in [2.24, 2.45) is 10.2 Å². The molecular formula is C19H23F3N6O2S2. The molecule has 1 aliphatic carbocycles. The van der Waals surface area contributed by atoms with Gasteiger partial charge in [0.1, 0.15) is 12.0 Å². The molecule has 1 spiro atoms. The summed E-state index contributed by atoms with van der Waals surface area (Å²) in [6.07, 6.45) is 6.46. The molecule has 0 saturated heterocycles. The SMILES string of the molecule is CCN1c2cc(NS(=O)(=O)C(F)(F)F)c(N=Nc3ncns3)cc2C2(CCCCC2)C1C. The lowest BCUT2D eigenvalue weighted by Crippen LogP contribution is -2.43. The number of alkyl halides is 3. The van der Waals surface area contributed by atoms with Gasteiger partial charge in [-0.05, 0) is 44.4 Å². The van der Waals surface area contributed by atoms with Crippen molar-refractivity contribution in [1.82, 2.24) is 9.36 Å². The Morgan fingerprint density at radius 1 is 1.25 bits per heavy atom. The smallest absolute Gasteiger partial charge is 0.368 e. The molecular weight excluding hydrogens is 465 g/mol. The van der Waals surface area contributed by atoms with Gasteiger partial charge in [0.2, 0.25) is 5.13 Å². The molecule has 0 amide bonds. The van der Waals surface area contributed by atoms with Gasteiger partial charge in [-0.25, -0.2) is 4.98 Å². The van der Waals surface area contributed by atoms with Gasteiger partial charge in [-0.1, -0.05) is 19.3 Å². The molecule has 0 bridgehead atoms. The predicted molar refractivity (Wildman–Crippen MR) is 116 cm³/mol. The quantitative estimate of drug-likeness (QED) is 0.549. The molecule has 8 nitrogen and oxygen atoms in total. The molecule has 13 heteroatoms. The summed E-state index contributed by atoms with van der Waals surface area (Å²) in [5, 5.41) is 8.23. The van der Waals surface area contributed by atoms with Gasteiger partial charge in [-0.2, -0.15) is 26.0 Å². The van der Waals surface area contributed by atoms with Crippen molar-refractivity contribution in [2.75, 3.05) is 16.2 Å². The van der Waals surface area contributed by atoms with E-state index < -0.39 is 15.5 Å². The number of aromatic nitrogens is 2. The first kappa shape index (κ1) is 22.9. The Morgan fingerprint density at radius 2 is 1.97 bits per heavy atom. The fraction of sp³-hybridized carbons (Fsp3) is 0.579. The van der Waals surface area contributed by atoms with Crippen LogP contribution in [0.3, 0.4) is 0 Å². The van der Waals surface area contributed by atoms with Crippen LogP contribution in [0.2, 0.25) is 0 Å². The van der Waals surface area contributed by atoms with Crippen molar-refractivity contribution < 1.29 is 21.6 Å². The molecule has 1 saturated carbocycles. The maximum atomic E-state index is 13.1. The number of fused-ring (bicyclic) bond motifs is 2. The topological polar surface area (TPSA) is 99.9 Å². The minimum absolute atomic E-state index is 0.0156. The molecule has 1 aliphatic heterocycles. The van der Waals surface area contributed by atoms with Crippen LogP contribution in [0.4, 0.5) is 35.4 Å². The highest BCUT2D eigenvalue weighted by molar-refractivity contribution is 7.93. The van der Waals surface area contributed by atoms with E-state index in [1.165, 1.54) is 12.4 Å². The molecule has 174 valence electrons. The van der Waals surface area contributed by atoms with E-state index in [0.717, 1.165) is 54.9 Å². The Kier molecular flexibility index (Phi) is 5.90. The molecule has 1 unspecified atom stereocenters. The van der Waals surface area contributed by atoms with E-state index in [-0.39, 0.29) is 28.0 Å². The molecule has 1 N–H and O–H groups in total. The number of hydrogen-bond acceptors (Lipinski definition) is 8. The second-order valence-corrected chi connectivity index (χ2v) is 10.5. The summed E-state index contributed by atoms with van der Waals surface area (Å²) >= 11 is 0.968. The zero-order valence-electron chi connectivity index (χ0n) is 17.6. The van der Waals surface area contributed by atoms with Crippen LogP contribution in [0, 0.1) is 0 Å². The van der Waals surface area contributed by atoms with E-state index in [1.54, 1.807) is 10.8 Å². The van der Waals surface area contributed by atoms with Gasteiger partial charge in [-0.15, -0.1) is 10.2 Å². The third-order valence-electron chi connectivity index (χ3n) is 6.46. The normalized spacial score (nSPS) is 20.8. The van der Waals surface area contributed by atoms with Crippen LogP contribution in [-0.2, 0) is 15.4 Å². The average molecular weight is 489 g/mol. The number of benzene rings is 1. The zero-order valence-corrected chi connectivity index (χ0v) is 19.2. The van der Waals surface area contributed by atoms with Gasteiger partial charge in [-0.3, -0.25) is 4.72 Å². The van der Waals surface area contributed by atoms with Gasteiger partial charge in [0, 0.05) is 35.2 Å². The Labute approximate surface area is 188 Å². The number of sulfonamides is 1. The van der Waals surface area contributed by atoms with Gasteiger partial charge < -0.3 is 4.90 Å². The number of hydrogen-bond donors (Lipinski definition) is 1. The maximum Gasteiger partial charge on any atom is 0.516 e. The molecule has 1 fully saturated rings. The summed E-state index contributed by atoms with van der Waals surface area (Å²) in [6, 6.07) is 3.27. The average Bonchev–Trinajstić information content (AvgIpc) is 3.32. The van der Waals surface area contributed by atoms with Crippen LogP contribution in [0.5, 0.6) is 0 Å². The van der Waals surface area contributed by atoms with Crippen molar-refractivity contribution in [3.63, 3.8) is 0 Å². The first-order valence-electron chi connectivity index (χ1n) is 10.3. The van der Waals surface area contributed by atoms with Gasteiger partial charge in [0.05, 0.1) is 5.69 Å². The summed E-state index contributed by atoms with van der Waals surface area (Å²) in [4.78, 5) is 6.01. The van der Waals surface area contributed by atoms with Crippen molar-refractivity contribution in [2.45, 2.75) is 62.9 Å². The number of nitrogens with zero attached hydrogens (tertiary/aromatic N) is 5. The minimum atomic E-state index is -5.63. The lowest BCUT2D eigenvalue weighted by molar-refractivity contribution is -0.0429. The van der Waals surface area contributed by atoms with E-state index in [1.807, 2.05) is 6.92 Å². The standard InChI is InChI=1S/C19H23F3N6O2S2/c1-3-28-12(2)18(7-5-4-6-8-18)13-9-14(25-26-17-23-11-24-31-17)15(10-16(13)28)27-32(29,30)19(20,21)22/h9-12,27H,3-8H2,1-2H3. The molecule has 2 aromatic rings. The number of anilines is 2. The van der Waals surface area contributed by atoms with Gasteiger partial charge in [0.25, 0.3) is 0 Å².